The van der Waals surface area contributed by atoms with Crippen molar-refractivity contribution < 1.29 is 4.74 Å². The second kappa shape index (κ2) is 6.49. The highest BCUT2D eigenvalue weighted by molar-refractivity contribution is 5.36. The zero-order valence-electron chi connectivity index (χ0n) is 12.8. The van der Waals surface area contributed by atoms with E-state index in [-0.39, 0.29) is 0 Å². The van der Waals surface area contributed by atoms with Crippen molar-refractivity contribution in [3.05, 3.63) is 29.8 Å². The molecule has 0 radical (unpaired) electrons. The maximum atomic E-state index is 8.87. The summed E-state index contributed by atoms with van der Waals surface area (Å²) in [6.45, 7) is 2.85. The molecule has 0 aliphatic heterocycles. The van der Waals surface area contributed by atoms with Crippen LogP contribution in [0.15, 0.2) is 24.3 Å². The molecule has 2 fully saturated rings. The summed E-state index contributed by atoms with van der Waals surface area (Å²) in [4.78, 5) is 2.40. The molecule has 1 aromatic rings. The van der Waals surface area contributed by atoms with Crippen molar-refractivity contribution in [1.82, 2.24) is 4.90 Å². The number of likely N-dealkylation sites (N-methyl/N-ethyl adjacent to an activating group) is 1. The van der Waals surface area contributed by atoms with Gasteiger partial charge in [0, 0.05) is 13.1 Å². The summed E-state index contributed by atoms with van der Waals surface area (Å²) in [5, 5.41) is 8.87. The maximum Gasteiger partial charge on any atom is 0.120 e. The van der Waals surface area contributed by atoms with Gasteiger partial charge in [-0.1, -0.05) is 12.5 Å². The van der Waals surface area contributed by atoms with E-state index in [2.05, 4.69) is 18.0 Å². The van der Waals surface area contributed by atoms with Crippen LogP contribution >= 0.6 is 0 Å². The quantitative estimate of drug-likeness (QED) is 0.804. The van der Waals surface area contributed by atoms with Gasteiger partial charge in [0.1, 0.15) is 12.4 Å². The summed E-state index contributed by atoms with van der Waals surface area (Å²) in [7, 11) is 2.20. The lowest BCUT2D eigenvalue weighted by molar-refractivity contribution is 0.187. The van der Waals surface area contributed by atoms with Gasteiger partial charge in [0.15, 0.2) is 0 Å². The molecule has 2 aliphatic carbocycles. The van der Waals surface area contributed by atoms with Crippen molar-refractivity contribution in [3.63, 3.8) is 0 Å². The van der Waals surface area contributed by atoms with Crippen LogP contribution in [0.4, 0.5) is 0 Å². The SMILES string of the molecule is CN(CCOc1cccc(C#N)c1)CC1CC2CCC1C2. The van der Waals surface area contributed by atoms with Gasteiger partial charge in [-0.2, -0.15) is 5.26 Å². The van der Waals surface area contributed by atoms with Gasteiger partial charge < -0.3 is 9.64 Å². The van der Waals surface area contributed by atoms with E-state index in [9.17, 15) is 0 Å². The van der Waals surface area contributed by atoms with Crippen molar-refractivity contribution in [2.45, 2.75) is 25.7 Å². The smallest absolute Gasteiger partial charge is 0.120 e. The van der Waals surface area contributed by atoms with E-state index in [4.69, 9.17) is 10.00 Å². The van der Waals surface area contributed by atoms with E-state index in [1.807, 2.05) is 12.1 Å². The van der Waals surface area contributed by atoms with Crippen molar-refractivity contribution in [2.24, 2.45) is 17.8 Å². The average Bonchev–Trinajstić information content (AvgIpc) is 3.10. The third-order valence-electron chi connectivity index (χ3n) is 5.14. The molecule has 0 spiro atoms. The largest absolute Gasteiger partial charge is 0.492 e. The molecule has 0 heterocycles. The van der Waals surface area contributed by atoms with Crippen LogP contribution < -0.4 is 4.74 Å². The fourth-order valence-corrected chi connectivity index (χ4v) is 4.07. The molecule has 0 N–H and O–H groups in total. The molecule has 0 amide bonds. The number of benzene rings is 1. The normalized spacial score (nSPS) is 27.0. The monoisotopic (exact) mass is 284 g/mol. The molecule has 0 saturated heterocycles. The number of hydrogen-bond acceptors (Lipinski definition) is 3. The van der Waals surface area contributed by atoms with Crippen LogP contribution in [0.2, 0.25) is 0 Å². The number of nitrogens with zero attached hydrogens (tertiary/aromatic N) is 2. The van der Waals surface area contributed by atoms with Gasteiger partial charge in [0.05, 0.1) is 11.6 Å². The zero-order valence-corrected chi connectivity index (χ0v) is 12.8. The maximum absolute atomic E-state index is 8.87. The van der Waals surface area contributed by atoms with Crippen LogP contribution in [0.1, 0.15) is 31.2 Å². The van der Waals surface area contributed by atoms with Crippen LogP contribution in [0.25, 0.3) is 0 Å². The fraction of sp³-hybridized carbons (Fsp3) is 0.611. The predicted molar refractivity (Wildman–Crippen MR) is 83.1 cm³/mol. The van der Waals surface area contributed by atoms with Crippen LogP contribution in [-0.2, 0) is 0 Å². The molecule has 0 aromatic heterocycles. The van der Waals surface area contributed by atoms with Crippen LogP contribution in [0, 0.1) is 29.1 Å². The Bertz CT molecular complexity index is 522. The van der Waals surface area contributed by atoms with Crippen LogP contribution in [0.3, 0.4) is 0 Å². The van der Waals surface area contributed by atoms with Crippen molar-refractivity contribution in [2.75, 3.05) is 26.7 Å². The summed E-state index contributed by atoms with van der Waals surface area (Å²) in [6.07, 6.45) is 5.86. The second-order valence-corrected chi connectivity index (χ2v) is 6.69. The van der Waals surface area contributed by atoms with Crippen molar-refractivity contribution >= 4 is 0 Å². The lowest BCUT2D eigenvalue weighted by Crippen LogP contribution is -2.31. The molecule has 3 nitrogen and oxygen atoms in total. The molecule has 1 aromatic carbocycles. The molecule has 2 saturated carbocycles. The van der Waals surface area contributed by atoms with Gasteiger partial charge >= 0.3 is 0 Å². The standard InChI is InChI=1S/C18H24N2O/c1-20(13-17-10-14-5-6-16(17)9-14)7-8-21-18-4-2-3-15(11-18)12-19/h2-4,11,14,16-17H,5-10,13H2,1H3. The average molecular weight is 284 g/mol. The van der Waals surface area contributed by atoms with Gasteiger partial charge in [-0.25, -0.2) is 0 Å². The van der Waals surface area contributed by atoms with Gasteiger partial charge in [-0.15, -0.1) is 0 Å². The van der Waals surface area contributed by atoms with E-state index in [1.54, 1.807) is 12.1 Å². The summed E-state index contributed by atoms with van der Waals surface area (Å²) in [5.74, 6) is 3.72. The highest BCUT2D eigenvalue weighted by Crippen LogP contribution is 2.48. The van der Waals surface area contributed by atoms with Gasteiger partial charge in [-0.3, -0.25) is 0 Å². The minimum Gasteiger partial charge on any atom is -0.492 e. The Morgan fingerprint density at radius 2 is 2.24 bits per heavy atom. The lowest BCUT2D eigenvalue weighted by Gasteiger charge is -2.27. The number of fused-ring (bicyclic) bond motifs is 2. The number of ether oxygens (including phenoxy) is 1. The van der Waals surface area contributed by atoms with Crippen LogP contribution in [-0.4, -0.2) is 31.6 Å². The molecular weight excluding hydrogens is 260 g/mol. The van der Waals surface area contributed by atoms with Gasteiger partial charge in [-0.05, 0) is 62.3 Å². The van der Waals surface area contributed by atoms with E-state index < -0.39 is 0 Å². The van der Waals surface area contributed by atoms with Gasteiger partial charge in [0.25, 0.3) is 0 Å². The molecule has 21 heavy (non-hydrogen) atoms. The van der Waals surface area contributed by atoms with Crippen molar-refractivity contribution in [1.29, 1.82) is 5.26 Å². The first kappa shape index (κ1) is 14.4. The number of nitriles is 1. The Labute approximate surface area is 127 Å². The summed E-state index contributed by atoms with van der Waals surface area (Å²) >= 11 is 0. The molecule has 3 heteroatoms. The highest BCUT2D eigenvalue weighted by atomic mass is 16.5. The zero-order chi connectivity index (χ0) is 14.7. The Morgan fingerprint density at radius 1 is 1.33 bits per heavy atom. The Morgan fingerprint density at radius 3 is 2.95 bits per heavy atom. The topological polar surface area (TPSA) is 36.3 Å². The Balaban J connectivity index is 1.40. The molecule has 2 bridgehead atoms. The van der Waals surface area contributed by atoms with Crippen LogP contribution in [0.5, 0.6) is 5.75 Å². The molecule has 112 valence electrons. The Hall–Kier alpha value is -1.53. The third-order valence-corrected chi connectivity index (χ3v) is 5.14. The number of rotatable bonds is 6. The summed E-state index contributed by atoms with van der Waals surface area (Å²) in [5.41, 5.74) is 0.655. The molecule has 3 rings (SSSR count). The predicted octanol–water partition coefficient (Wildman–Crippen LogP) is 3.31. The second-order valence-electron chi connectivity index (χ2n) is 6.69. The molecule has 3 atom stereocenters. The van der Waals surface area contributed by atoms with E-state index >= 15 is 0 Å². The Kier molecular flexibility index (Phi) is 4.45. The first-order valence-electron chi connectivity index (χ1n) is 8.06. The van der Waals surface area contributed by atoms with Crippen molar-refractivity contribution in [3.8, 4) is 11.8 Å². The summed E-state index contributed by atoms with van der Waals surface area (Å²) < 4.78 is 5.75. The number of hydrogen-bond donors (Lipinski definition) is 0. The molecule has 3 unspecified atom stereocenters. The highest BCUT2D eigenvalue weighted by Gasteiger charge is 2.39. The van der Waals surface area contributed by atoms with E-state index in [0.29, 0.717) is 12.2 Å². The fourth-order valence-electron chi connectivity index (χ4n) is 4.07. The minimum absolute atomic E-state index is 0.655. The van der Waals surface area contributed by atoms with Gasteiger partial charge in [0.2, 0.25) is 0 Å². The van der Waals surface area contributed by atoms with E-state index in [1.165, 1.54) is 32.2 Å². The summed E-state index contributed by atoms with van der Waals surface area (Å²) in [6, 6.07) is 9.52. The molecular formula is C18H24N2O. The molecule has 2 aliphatic rings. The first-order chi connectivity index (χ1) is 10.2. The third kappa shape index (κ3) is 3.57. The minimum atomic E-state index is 0.655. The van der Waals surface area contributed by atoms with E-state index in [0.717, 1.165) is 30.0 Å². The first-order valence-corrected chi connectivity index (χ1v) is 8.06. The lowest BCUT2D eigenvalue weighted by atomic mass is 9.88.